The summed E-state index contributed by atoms with van der Waals surface area (Å²) in [5.41, 5.74) is 1.79. The van der Waals surface area contributed by atoms with Crippen molar-refractivity contribution in [1.82, 2.24) is 4.98 Å². The Morgan fingerprint density at radius 2 is 1.79 bits per heavy atom. The van der Waals surface area contributed by atoms with Crippen LogP contribution in [0.25, 0.3) is 0 Å². The van der Waals surface area contributed by atoms with Crippen LogP contribution in [0.1, 0.15) is 28.0 Å². The fraction of sp³-hybridized carbons (Fsp3) is 0.227. The number of ether oxygens (including phenoxy) is 2. The maximum absolute atomic E-state index is 12.7. The second kappa shape index (κ2) is 9.34. The van der Waals surface area contributed by atoms with Crippen LogP contribution in [0.3, 0.4) is 0 Å². The van der Waals surface area contributed by atoms with Crippen molar-refractivity contribution < 1.29 is 19.1 Å². The standard InChI is InChI=1S/C22H22N2O4S/c1-15(21(25)24(3)18-9-5-4-6-10-18)28-22(26)19-11-7-8-12-20(19)27-13-17-14-29-16(2)23-17/h4-12,14-15H,13H2,1-3H3/t15-/m0/s1. The first-order valence-electron chi connectivity index (χ1n) is 9.12. The summed E-state index contributed by atoms with van der Waals surface area (Å²) in [7, 11) is 1.65. The summed E-state index contributed by atoms with van der Waals surface area (Å²) in [5.74, 6) is -0.544. The van der Waals surface area contributed by atoms with Crippen molar-refractivity contribution in [2.45, 2.75) is 26.6 Å². The highest BCUT2D eigenvalue weighted by molar-refractivity contribution is 7.09. The van der Waals surface area contributed by atoms with Crippen LogP contribution in [0.2, 0.25) is 0 Å². The van der Waals surface area contributed by atoms with Gasteiger partial charge in [-0.15, -0.1) is 11.3 Å². The number of carbonyl (C=O) groups excluding carboxylic acids is 2. The van der Waals surface area contributed by atoms with Gasteiger partial charge in [-0.3, -0.25) is 4.79 Å². The number of amides is 1. The molecule has 0 saturated heterocycles. The largest absolute Gasteiger partial charge is 0.486 e. The number of anilines is 1. The number of hydrogen-bond acceptors (Lipinski definition) is 6. The third-order valence-electron chi connectivity index (χ3n) is 4.25. The van der Waals surface area contributed by atoms with E-state index in [0.29, 0.717) is 5.75 Å². The van der Waals surface area contributed by atoms with E-state index in [4.69, 9.17) is 9.47 Å². The molecule has 0 fully saturated rings. The number of thiazole rings is 1. The smallest absolute Gasteiger partial charge is 0.342 e. The third kappa shape index (κ3) is 5.20. The van der Waals surface area contributed by atoms with Gasteiger partial charge in [0.1, 0.15) is 17.9 Å². The minimum Gasteiger partial charge on any atom is -0.486 e. The number of rotatable bonds is 7. The molecule has 1 atom stereocenters. The quantitative estimate of drug-likeness (QED) is 0.545. The van der Waals surface area contributed by atoms with Crippen LogP contribution in [0.5, 0.6) is 5.75 Å². The Morgan fingerprint density at radius 1 is 1.10 bits per heavy atom. The van der Waals surface area contributed by atoms with E-state index >= 15 is 0 Å². The second-order valence-corrected chi connectivity index (χ2v) is 7.49. The molecule has 6 nitrogen and oxygen atoms in total. The second-order valence-electron chi connectivity index (χ2n) is 6.42. The Morgan fingerprint density at radius 3 is 2.48 bits per heavy atom. The normalized spacial score (nSPS) is 11.6. The lowest BCUT2D eigenvalue weighted by Crippen LogP contribution is -2.37. The van der Waals surface area contributed by atoms with Gasteiger partial charge in [-0.25, -0.2) is 9.78 Å². The van der Waals surface area contributed by atoms with E-state index in [1.54, 1.807) is 38.2 Å². The first kappa shape index (κ1) is 20.5. The molecule has 0 aliphatic carbocycles. The van der Waals surface area contributed by atoms with Gasteiger partial charge in [0.2, 0.25) is 0 Å². The van der Waals surface area contributed by atoms with Gasteiger partial charge in [0.15, 0.2) is 6.10 Å². The Hall–Kier alpha value is -3.19. The molecule has 2 aromatic carbocycles. The molecule has 0 aliphatic rings. The molecule has 3 rings (SSSR count). The van der Waals surface area contributed by atoms with Crippen LogP contribution in [0.15, 0.2) is 60.0 Å². The first-order chi connectivity index (χ1) is 14.0. The summed E-state index contributed by atoms with van der Waals surface area (Å²) >= 11 is 1.54. The van der Waals surface area contributed by atoms with Gasteiger partial charge in [0.05, 0.1) is 10.7 Å². The van der Waals surface area contributed by atoms with Crippen molar-refractivity contribution in [2.24, 2.45) is 0 Å². The van der Waals surface area contributed by atoms with Crippen LogP contribution in [0, 0.1) is 6.92 Å². The molecule has 1 aromatic heterocycles. The number of aromatic nitrogens is 1. The number of aryl methyl sites for hydroxylation is 1. The van der Waals surface area contributed by atoms with Crippen LogP contribution in [0.4, 0.5) is 5.69 Å². The van der Waals surface area contributed by atoms with E-state index < -0.39 is 12.1 Å². The summed E-state index contributed by atoms with van der Waals surface area (Å²) in [5, 5.41) is 2.86. The van der Waals surface area contributed by atoms with Crippen molar-refractivity contribution in [3.8, 4) is 5.75 Å². The molecule has 0 aliphatic heterocycles. The van der Waals surface area contributed by atoms with Crippen LogP contribution >= 0.6 is 11.3 Å². The predicted octanol–water partition coefficient (Wildman–Crippen LogP) is 4.24. The Labute approximate surface area is 173 Å². The van der Waals surface area contributed by atoms with Crippen molar-refractivity contribution in [3.63, 3.8) is 0 Å². The number of likely N-dealkylation sites (N-methyl/N-ethyl adjacent to an activating group) is 1. The maximum atomic E-state index is 12.7. The van der Waals surface area contributed by atoms with Crippen molar-refractivity contribution in [1.29, 1.82) is 0 Å². The lowest BCUT2D eigenvalue weighted by Gasteiger charge is -2.22. The molecule has 1 amide bonds. The zero-order chi connectivity index (χ0) is 20.8. The van der Waals surface area contributed by atoms with E-state index in [-0.39, 0.29) is 18.1 Å². The van der Waals surface area contributed by atoms with Gasteiger partial charge >= 0.3 is 5.97 Å². The van der Waals surface area contributed by atoms with E-state index in [2.05, 4.69) is 4.98 Å². The molecule has 3 aromatic rings. The number of nitrogens with zero attached hydrogens (tertiary/aromatic N) is 2. The summed E-state index contributed by atoms with van der Waals surface area (Å²) < 4.78 is 11.2. The van der Waals surface area contributed by atoms with Gasteiger partial charge in [-0.2, -0.15) is 0 Å². The van der Waals surface area contributed by atoms with Gasteiger partial charge in [0.25, 0.3) is 5.91 Å². The first-order valence-corrected chi connectivity index (χ1v) is 10.00. The monoisotopic (exact) mass is 410 g/mol. The molecule has 0 N–H and O–H groups in total. The van der Waals surface area contributed by atoms with Gasteiger partial charge in [0, 0.05) is 18.1 Å². The molecule has 1 heterocycles. The molecular weight excluding hydrogens is 388 g/mol. The molecular formula is C22H22N2O4S. The lowest BCUT2D eigenvalue weighted by molar-refractivity contribution is -0.126. The topological polar surface area (TPSA) is 68.7 Å². The molecule has 0 saturated carbocycles. The summed E-state index contributed by atoms with van der Waals surface area (Å²) in [6.07, 6.45) is -0.943. The zero-order valence-corrected chi connectivity index (χ0v) is 17.3. The molecule has 29 heavy (non-hydrogen) atoms. The van der Waals surface area contributed by atoms with Gasteiger partial charge in [-0.05, 0) is 38.1 Å². The van der Waals surface area contributed by atoms with Crippen LogP contribution in [-0.2, 0) is 16.1 Å². The highest BCUT2D eigenvalue weighted by Gasteiger charge is 2.24. The summed E-state index contributed by atoms with van der Waals surface area (Å²) in [6, 6.07) is 16.0. The van der Waals surface area contributed by atoms with Crippen LogP contribution < -0.4 is 9.64 Å². The molecule has 150 valence electrons. The van der Waals surface area contributed by atoms with Crippen molar-refractivity contribution in [2.75, 3.05) is 11.9 Å². The zero-order valence-electron chi connectivity index (χ0n) is 16.5. The number of para-hydroxylation sites is 2. The SMILES string of the molecule is Cc1nc(COc2ccccc2C(=O)O[C@@H](C)C(=O)N(C)c2ccccc2)cs1. The van der Waals surface area contributed by atoms with Gasteiger partial charge in [-0.1, -0.05) is 30.3 Å². The molecule has 0 bridgehead atoms. The van der Waals surface area contributed by atoms with Crippen LogP contribution in [-0.4, -0.2) is 30.0 Å². The predicted molar refractivity (Wildman–Crippen MR) is 112 cm³/mol. The Bertz CT molecular complexity index is 987. The van der Waals surface area contributed by atoms with Gasteiger partial charge < -0.3 is 14.4 Å². The molecule has 0 spiro atoms. The molecule has 0 radical (unpaired) electrons. The van der Waals surface area contributed by atoms with Crippen molar-refractivity contribution >= 4 is 28.9 Å². The van der Waals surface area contributed by atoms with Crippen molar-refractivity contribution in [3.05, 3.63) is 76.2 Å². The Balaban J connectivity index is 1.66. The summed E-state index contributed by atoms with van der Waals surface area (Å²) in [6.45, 7) is 3.73. The minimum atomic E-state index is -0.943. The van der Waals surface area contributed by atoms with E-state index in [9.17, 15) is 9.59 Å². The lowest BCUT2D eigenvalue weighted by atomic mass is 10.2. The third-order valence-corrected chi connectivity index (χ3v) is 5.08. The van der Waals surface area contributed by atoms with E-state index in [0.717, 1.165) is 16.4 Å². The number of hydrogen-bond donors (Lipinski definition) is 0. The average molecular weight is 410 g/mol. The fourth-order valence-electron chi connectivity index (χ4n) is 2.71. The fourth-order valence-corrected chi connectivity index (χ4v) is 3.31. The highest BCUT2D eigenvalue weighted by Crippen LogP contribution is 2.22. The van der Waals surface area contributed by atoms with E-state index in [1.807, 2.05) is 42.6 Å². The number of esters is 1. The molecule has 7 heteroatoms. The number of benzene rings is 2. The average Bonchev–Trinajstić information content (AvgIpc) is 3.17. The highest BCUT2D eigenvalue weighted by atomic mass is 32.1. The minimum absolute atomic E-state index is 0.250. The summed E-state index contributed by atoms with van der Waals surface area (Å²) in [4.78, 5) is 31.1. The molecule has 0 unspecified atom stereocenters. The maximum Gasteiger partial charge on any atom is 0.342 e. The van der Waals surface area contributed by atoms with E-state index in [1.165, 1.54) is 16.2 Å². The Kier molecular flexibility index (Phi) is 6.61. The number of carbonyl (C=O) groups is 2.